The van der Waals surface area contributed by atoms with Gasteiger partial charge in [-0.3, -0.25) is 25.0 Å². The number of amides is 2. The summed E-state index contributed by atoms with van der Waals surface area (Å²) in [6.07, 6.45) is 5.01. The van der Waals surface area contributed by atoms with Gasteiger partial charge < -0.3 is 15.3 Å². The van der Waals surface area contributed by atoms with Crippen LogP contribution in [0.5, 0.6) is 0 Å². The van der Waals surface area contributed by atoms with Gasteiger partial charge in [0.1, 0.15) is 17.2 Å². The standard InChI is InChI=1S/C34H44FN7O2.Na/c1-32(2,3)17-16-27(22-10-12-23(13-11-22)30(43)36-21-28-38-40-41-39-28)42-31(44)29(24-8-7-9-26(35)20-24)37-34(42)18-14-25(15-19-34)33(4,5)6;/h7-13,20,25,27H,14-19,21H2,1-6H3,(H2,36,38,39,40,41,43);/q;+1/p-1/t25?,27-,34?;/m1./s1. The van der Waals surface area contributed by atoms with Crippen molar-refractivity contribution in [3.05, 3.63) is 76.9 Å². The van der Waals surface area contributed by atoms with E-state index in [-0.39, 0.29) is 64.8 Å². The van der Waals surface area contributed by atoms with Crippen molar-refractivity contribution in [2.24, 2.45) is 21.7 Å². The number of hydrogen-bond donors (Lipinski definition) is 1. The molecule has 1 aromatic heterocycles. The molecule has 0 saturated heterocycles. The van der Waals surface area contributed by atoms with E-state index in [4.69, 9.17) is 4.99 Å². The molecule has 5 rings (SSSR count). The largest absolute Gasteiger partial charge is 1.00 e. The molecule has 1 saturated carbocycles. The van der Waals surface area contributed by atoms with Gasteiger partial charge >= 0.3 is 29.6 Å². The molecule has 11 heteroatoms. The second-order valence-corrected chi connectivity index (χ2v) is 14.5. The summed E-state index contributed by atoms with van der Waals surface area (Å²) >= 11 is 0. The van der Waals surface area contributed by atoms with Crippen LogP contribution in [0, 0.1) is 22.6 Å². The van der Waals surface area contributed by atoms with E-state index in [1.165, 1.54) is 12.1 Å². The first kappa shape index (κ1) is 34.9. The fourth-order valence-electron chi connectivity index (χ4n) is 6.53. The molecule has 1 fully saturated rings. The monoisotopic (exact) mass is 623 g/mol. The Hall–Kier alpha value is -2.95. The predicted molar refractivity (Wildman–Crippen MR) is 166 cm³/mol. The summed E-state index contributed by atoms with van der Waals surface area (Å²) in [5.41, 5.74) is 1.76. The molecule has 1 atom stereocenters. The predicted octanol–water partition coefficient (Wildman–Crippen LogP) is 3.03. The summed E-state index contributed by atoms with van der Waals surface area (Å²) in [4.78, 5) is 34.5. The van der Waals surface area contributed by atoms with E-state index < -0.39 is 11.5 Å². The van der Waals surface area contributed by atoms with Crippen LogP contribution < -0.4 is 40.1 Å². The van der Waals surface area contributed by atoms with Crippen LogP contribution in [0.1, 0.15) is 113 Å². The van der Waals surface area contributed by atoms with Crippen LogP contribution >= 0.6 is 0 Å². The quantitative estimate of drug-likeness (QED) is 0.386. The van der Waals surface area contributed by atoms with Gasteiger partial charge in [-0.1, -0.05) is 65.8 Å². The van der Waals surface area contributed by atoms with Crippen LogP contribution in [0.4, 0.5) is 4.39 Å². The van der Waals surface area contributed by atoms with Gasteiger partial charge in [-0.25, -0.2) is 9.49 Å². The number of aromatic nitrogens is 4. The minimum atomic E-state index is -0.708. The molecule has 1 N–H and O–H groups in total. The second kappa shape index (κ2) is 13.8. The van der Waals surface area contributed by atoms with Crippen LogP contribution in [0.2, 0.25) is 0 Å². The smallest absolute Gasteiger partial charge is 0.347 e. The molecule has 2 aliphatic rings. The number of tetrazole rings is 1. The second-order valence-electron chi connectivity index (χ2n) is 14.5. The Balaban J connectivity index is 0.00000461. The Kier molecular flexibility index (Phi) is 10.7. The summed E-state index contributed by atoms with van der Waals surface area (Å²) < 4.78 is 14.3. The third-order valence-corrected chi connectivity index (χ3v) is 9.10. The van der Waals surface area contributed by atoms with Gasteiger partial charge in [0, 0.05) is 11.1 Å². The fraction of sp³-hybridized carbons (Fsp3) is 0.529. The van der Waals surface area contributed by atoms with E-state index in [9.17, 15) is 14.0 Å². The van der Waals surface area contributed by atoms with Gasteiger partial charge in [0.2, 0.25) is 0 Å². The Morgan fingerprint density at radius 2 is 1.78 bits per heavy atom. The Bertz CT molecular complexity index is 1500. The number of nitrogens with one attached hydrogen (secondary N) is 1. The number of halogens is 1. The zero-order valence-corrected chi connectivity index (χ0v) is 29.6. The van der Waals surface area contributed by atoms with Crippen LogP contribution in [-0.4, -0.2) is 43.5 Å². The summed E-state index contributed by atoms with van der Waals surface area (Å²) in [5, 5.41) is 17.2. The van der Waals surface area contributed by atoms with Gasteiger partial charge in [-0.15, -0.1) is 0 Å². The number of benzene rings is 2. The van der Waals surface area contributed by atoms with Crippen molar-refractivity contribution in [3.8, 4) is 0 Å². The third-order valence-electron chi connectivity index (χ3n) is 9.10. The van der Waals surface area contributed by atoms with E-state index in [1.807, 2.05) is 17.0 Å². The van der Waals surface area contributed by atoms with Gasteiger partial charge in [0.25, 0.3) is 11.8 Å². The van der Waals surface area contributed by atoms with Crippen molar-refractivity contribution in [1.82, 2.24) is 30.8 Å². The molecule has 0 radical (unpaired) electrons. The number of rotatable bonds is 8. The van der Waals surface area contributed by atoms with Crippen molar-refractivity contribution in [2.75, 3.05) is 0 Å². The topological polar surface area (TPSA) is 115 Å². The molecular formula is C34H43FN7NaO2. The van der Waals surface area contributed by atoms with E-state index in [0.717, 1.165) is 44.1 Å². The van der Waals surface area contributed by atoms with Gasteiger partial charge in [0.05, 0.1) is 18.4 Å². The molecule has 3 aromatic rings. The number of carbonyl (C=O) groups excluding carboxylic acids is 2. The minimum absolute atomic E-state index is 0. The summed E-state index contributed by atoms with van der Waals surface area (Å²) in [6, 6.07) is 13.4. The van der Waals surface area contributed by atoms with Crippen molar-refractivity contribution < 1.29 is 43.5 Å². The first-order chi connectivity index (χ1) is 20.8. The summed E-state index contributed by atoms with van der Waals surface area (Å²) in [5.74, 6) is 0.0403. The average Bonchev–Trinajstić information content (AvgIpc) is 3.58. The van der Waals surface area contributed by atoms with Crippen LogP contribution in [0.15, 0.2) is 53.5 Å². The fourth-order valence-corrected chi connectivity index (χ4v) is 6.53. The molecule has 234 valence electrons. The summed E-state index contributed by atoms with van der Waals surface area (Å²) in [6.45, 7) is 13.6. The van der Waals surface area contributed by atoms with E-state index in [2.05, 4.69) is 67.5 Å². The zero-order chi connectivity index (χ0) is 31.7. The average molecular weight is 624 g/mol. The molecule has 1 spiro atoms. The van der Waals surface area contributed by atoms with Crippen LogP contribution in [0.25, 0.3) is 0 Å². The molecule has 2 amide bonds. The van der Waals surface area contributed by atoms with E-state index in [0.29, 0.717) is 28.6 Å². The van der Waals surface area contributed by atoms with Crippen molar-refractivity contribution in [3.63, 3.8) is 0 Å². The number of aliphatic imine (C=N–C) groups is 1. The SMILES string of the molecule is CC(C)(C)CC[C@H](c1ccc(C(=O)NCc2nn[n-]n2)cc1)N1C(=O)C(c2cccc(F)c2)=NC12CCC(C(C)(C)C)CC2.[Na+]. The van der Waals surface area contributed by atoms with Crippen molar-refractivity contribution >= 4 is 17.5 Å². The van der Waals surface area contributed by atoms with E-state index in [1.54, 1.807) is 24.3 Å². The van der Waals surface area contributed by atoms with Gasteiger partial charge in [0.15, 0.2) is 0 Å². The Morgan fingerprint density at radius 1 is 1.09 bits per heavy atom. The maximum absolute atomic E-state index is 14.5. The number of nitrogens with zero attached hydrogens (tertiary/aromatic N) is 6. The Labute approximate surface area is 287 Å². The van der Waals surface area contributed by atoms with Crippen molar-refractivity contribution in [2.45, 2.75) is 98.3 Å². The summed E-state index contributed by atoms with van der Waals surface area (Å²) in [7, 11) is 0. The van der Waals surface area contributed by atoms with E-state index >= 15 is 0 Å². The minimum Gasteiger partial charge on any atom is -0.347 e. The first-order valence-corrected chi connectivity index (χ1v) is 15.5. The molecule has 2 heterocycles. The zero-order valence-electron chi connectivity index (χ0n) is 27.6. The molecule has 9 nitrogen and oxygen atoms in total. The maximum atomic E-state index is 14.5. The molecular weight excluding hydrogens is 580 g/mol. The molecule has 0 unspecified atom stereocenters. The normalized spacial score (nSPS) is 21.0. The first-order valence-electron chi connectivity index (χ1n) is 15.5. The molecule has 0 bridgehead atoms. The van der Waals surface area contributed by atoms with Crippen LogP contribution in [-0.2, 0) is 11.3 Å². The molecule has 45 heavy (non-hydrogen) atoms. The Morgan fingerprint density at radius 3 is 2.36 bits per heavy atom. The number of hydrogen-bond acceptors (Lipinski definition) is 6. The molecule has 1 aliphatic heterocycles. The number of carbonyl (C=O) groups is 2. The third kappa shape index (κ3) is 8.07. The molecule has 1 aliphatic carbocycles. The van der Waals surface area contributed by atoms with Gasteiger partial charge in [-0.05, 0) is 85.1 Å². The van der Waals surface area contributed by atoms with Gasteiger partial charge in [-0.2, -0.15) is 0 Å². The maximum Gasteiger partial charge on any atom is 1.00 e. The molecule has 2 aromatic carbocycles. The van der Waals surface area contributed by atoms with Crippen molar-refractivity contribution in [1.29, 1.82) is 0 Å². The van der Waals surface area contributed by atoms with Crippen LogP contribution in [0.3, 0.4) is 0 Å².